The van der Waals surface area contributed by atoms with E-state index in [1.165, 1.54) is 6.08 Å². The first-order valence-electron chi connectivity index (χ1n) is 12.7. The Kier molecular flexibility index (Phi) is 9.69. The second kappa shape index (κ2) is 13.4. The van der Waals surface area contributed by atoms with Gasteiger partial charge >= 0.3 is 6.03 Å². The number of rotatable bonds is 11. The third-order valence-corrected chi connectivity index (χ3v) is 6.32. The molecule has 4 amide bonds. The van der Waals surface area contributed by atoms with Crippen molar-refractivity contribution >= 4 is 47.1 Å². The van der Waals surface area contributed by atoms with Crippen molar-refractivity contribution in [1.82, 2.24) is 10.2 Å². The topological polar surface area (TPSA) is 94.2 Å². The second-order valence-corrected chi connectivity index (χ2v) is 9.74. The highest BCUT2D eigenvalue weighted by Crippen LogP contribution is 2.31. The Labute approximate surface area is 242 Å². The maximum atomic E-state index is 13.4. The van der Waals surface area contributed by atoms with E-state index >= 15 is 0 Å². The predicted molar refractivity (Wildman–Crippen MR) is 153 cm³/mol. The van der Waals surface area contributed by atoms with Gasteiger partial charge in [0.2, 0.25) is 0 Å². The van der Waals surface area contributed by atoms with Gasteiger partial charge in [-0.15, -0.1) is 0 Å². The highest BCUT2D eigenvalue weighted by molar-refractivity contribution is 6.32. The number of barbiturate groups is 1. The van der Waals surface area contributed by atoms with Gasteiger partial charge < -0.3 is 14.2 Å². The van der Waals surface area contributed by atoms with Gasteiger partial charge in [-0.3, -0.25) is 19.8 Å². The van der Waals surface area contributed by atoms with Crippen LogP contribution in [-0.2, 0) is 22.7 Å². The zero-order valence-corrected chi connectivity index (χ0v) is 23.6. The molecule has 1 N–H and O–H groups in total. The fourth-order valence-electron chi connectivity index (χ4n) is 3.98. The molecule has 1 aliphatic rings. The van der Waals surface area contributed by atoms with E-state index in [0.29, 0.717) is 51.6 Å². The van der Waals surface area contributed by atoms with E-state index in [4.69, 9.17) is 37.4 Å². The predicted octanol–water partition coefficient (Wildman–Crippen LogP) is 6.42. The minimum atomic E-state index is -0.819. The normalized spacial score (nSPS) is 14.3. The Morgan fingerprint density at radius 1 is 0.825 bits per heavy atom. The molecule has 0 saturated carbocycles. The average Bonchev–Trinajstić information content (AvgIpc) is 2.92. The number of halogens is 2. The number of carbonyl (C=O) groups is 3. The lowest BCUT2D eigenvalue weighted by molar-refractivity contribution is -0.130. The summed E-state index contributed by atoms with van der Waals surface area (Å²) in [6, 6.07) is 16.4. The number of ether oxygens (including phenoxy) is 3. The first-order chi connectivity index (χ1) is 19.3. The van der Waals surface area contributed by atoms with Gasteiger partial charge in [0.25, 0.3) is 11.8 Å². The number of carbonyl (C=O) groups excluding carboxylic acids is 3. The minimum Gasteiger partial charge on any atom is -0.490 e. The molecule has 10 heteroatoms. The van der Waals surface area contributed by atoms with Gasteiger partial charge in [0.1, 0.15) is 17.9 Å². The number of amides is 4. The molecule has 0 unspecified atom stereocenters. The molecule has 0 aromatic heterocycles. The molecule has 1 aliphatic heterocycles. The maximum absolute atomic E-state index is 13.4. The van der Waals surface area contributed by atoms with Gasteiger partial charge in [0.15, 0.2) is 11.5 Å². The first kappa shape index (κ1) is 29.0. The molecular formula is C30H28Cl2N2O6. The van der Waals surface area contributed by atoms with E-state index in [-0.39, 0.29) is 18.7 Å². The molecule has 208 valence electrons. The molecule has 8 nitrogen and oxygen atoms in total. The fourth-order valence-corrected chi connectivity index (χ4v) is 4.37. The Morgan fingerprint density at radius 3 is 2.35 bits per heavy atom. The van der Waals surface area contributed by atoms with Gasteiger partial charge in [-0.1, -0.05) is 48.3 Å². The molecule has 1 saturated heterocycles. The van der Waals surface area contributed by atoms with Crippen LogP contribution in [0, 0.1) is 0 Å². The van der Waals surface area contributed by atoms with Crippen LogP contribution < -0.4 is 19.5 Å². The van der Waals surface area contributed by atoms with Crippen LogP contribution in [0.3, 0.4) is 0 Å². The molecular weight excluding hydrogens is 555 g/mol. The largest absolute Gasteiger partial charge is 0.490 e. The zero-order valence-electron chi connectivity index (χ0n) is 22.0. The Morgan fingerprint density at radius 2 is 1.60 bits per heavy atom. The Hall–Kier alpha value is -4.01. The summed E-state index contributed by atoms with van der Waals surface area (Å²) >= 11 is 12.3. The van der Waals surface area contributed by atoms with Crippen molar-refractivity contribution < 1.29 is 28.6 Å². The second-order valence-electron chi connectivity index (χ2n) is 8.87. The molecule has 4 rings (SSSR count). The van der Waals surface area contributed by atoms with Crippen LogP contribution in [0.5, 0.6) is 17.2 Å². The van der Waals surface area contributed by atoms with Crippen LogP contribution in [0.4, 0.5) is 4.79 Å². The van der Waals surface area contributed by atoms with Crippen LogP contribution in [0.1, 0.15) is 37.0 Å². The van der Waals surface area contributed by atoms with Crippen molar-refractivity contribution in [3.63, 3.8) is 0 Å². The fraction of sp³-hybridized carbons (Fsp3) is 0.233. The van der Waals surface area contributed by atoms with E-state index in [9.17, 15) is 14.4 Å². The van der Waals surface area contributed by atoms with Crippen molar-refractivity contribution in [2.75, 3.05) is 13.2 Å². The SMILES string of the molecule is CCCOc1ccc(CN2C(=O)NC(=O)/C(=C\c3cc(Cl)ccc3OCc3cccc(Cl)c3)C2=O)cc1OCC. The number of urea groups is 1. The van der Waals surface area contributed by atoms with Crippen molar-refractivity contribution in [3.05, 3.63) is 93.0 Å². The van der Waals surface area contributed by atoms with Gasteiger partial charge in [-0.25, -0.2) is 4.79 Å². The van der Waals surface area contributed by atoms with Crippen molar-refractivity contribution in [2.45, 2.75) is 33.4 Å². The standard InChI is InChI=1S/C30H28Cl2N2O6/c1-3-12-39-26-10-8-19(14-27(26)38-4-2)17-34-29(36)24(28(35)33-30(34)37)16-21-15-23(32)9-11-25(21)40-18-20-6-5-7-22(31)13-20/h5-11,13-16H,3-4,12,17-18H2,1-2H3,(H,33,35,37)/b24-16+. The third-order valence-electron chi connectivity index (χ3n) is 5.85. The number of nitrogens with zero attached hydrogens (tertiary/aromatic N) is 1. The summed E-state index contributed by atoms with van der Waals surface area (Å²) in [7, 11) is 0. The van der Waals surface area contributed by atoms with Gasteiger partial charge in [0, 0.05) is 15.6 Å². The lowest BCUT2D eigenvalue weighted by Gasteiger charge is -2.27. The van der Waals surface area contributed by atoms with E-state index < -0.39 is 17.8 Å². The Bertz CT molecular complexity index is 1460. The summed E-state index contributed by atoms with van der Waals surface area (Å²) < 4.78 is 17.4. The third kappa shape index (κ3) is 7.14. The van der Waals surface area contributed by atoms with E-state index in [2.05, 4.69) is 5.32 Å². The molecule has 0 radical (unpaired) electrons. The molecule has 1 fully saturated rings. The molecule has 3 aromatic rings. The molecule has 0 atom stereocenters. The van der Waals surface area contributed by atoms with Crippen LogP contribution in [0.15, 0.2) is 66.2 Å². The summed E-state index contributed by atoms with van der Waals surface area (Å²) in [5.74, 6) is -0.0939. The molecule has 0 aliphatic carbocycles. The lowest BCUT2D eigenvalue weighted by atomic mass is 10.1. The summed E-state index contributed by atoms with van der Waals surface area (Å²) in [5.41, 5.74) is 1.63. The number of imide groups is 2. The molecule has 0 bridgehead atoms. The monoisotopic (exact) mass is 582 g/mol. The van der Waals surface area contributed by atoms with E-state index in [1.807, 2.05) is 26.0 Å². The summed E-state index contributed by atoms with van der Waals surface area (Å²) in [6.07, 6.45) is 2.20. The summed E-state index contributed by atoms with van der Waals surface area (Å²) in [6.45, 7) is 4.90. The summed E-state index contributed by atoms with van der Waals surface area (Å²) in [4.78, 5) is 39.8. The number of benzene rings is 3. The average molecular weight is 583 g/mol. The summed E-state index contributed by atoms with van der Waals surface area (Å²) in [5, 5.41) is 3.20. The van der Waals surface area contributed by atoms with E-state index in [1.54, 1.807) is 48.5 Å². The highest BCUT2D eigenvalue weighted by atomic mass is 35.5. The molecule has 0 spiro atoms. The van der Waals surface area contributed by atoms with Crippen molar-refractivity contribution in [1.29, 1.82) is 0 Å². The molecule has 3 aromatic carbocycles. The highest BCUT2D eigenvalue weighted by Gasteiger charge is 2.36. The minimum absolute atomic E-state index is 0.0862. The van der Waals surface area contributed by atoms with Crippen LogP contribution in [-0.4, -0.2) is 36.0 Å². The number of hydrogen-bond acceptors (Lipinski definition) is 6. The van der Waals surface area contributed by atoms with Crippen LogP contribution >= 0.6 is 23.2 Å². The smallest absolute Gasteiger partial charge is 0.331 e. The van der Waals surface area contributed by atoms with Crippen molar-refractivity contribution in [2.24, 2.45) is 0 Å². The quantitative estimate of drug-likeness (QED) is 0.207. The molecule has 40 heavy (non-hydrogen) atoms. The van der Waals surface area contributed by atoms with Gasteiger partial charge in [-0.05, 0) is 73.0 Å². The maximum Gasteiger partial charge on any atom is 0.331 e. The van der Waals surface area contributed by atoms with E-state index in [0.717, 1.165) is 16.9 Å². The van der Waals surface area contributed by atoms with Crippen LogP contribution in [0.25, 0.3) is 6.08 Å². The van der Waals surface area contributed by atoms with Crippen LogP contribution in [0.2, 0.25) is 10.0 Å². The zero-order chi connectivity index (χ0) is 28.6. The number of hydrogen-bond donors (Lipinski definition) is 1. The lowest BCUT2D eigenvalue weighted by Crippen LogP contribution is -2.53. The van der Waals surface area contributed by atoms with Gasteiger partial charge in [0.05, 0.1) is 19.8 Å². The number of nitrogens with one attached hydrogen (secondary N) is 1. The molecule has 1 heterocycles. The van der Waals surface area contributed by atoms with Crippen molar-refractivity contribution in [3.8, 4) is 17.2 Å². The first-order valence-corrected chi connectivity index (χ1v) is 13.5. The Balaban J connectivity index is 1.59. The van der Waals surface area contributed by atoms with Gasteiger partial charge in [-0.2, -0.15) is 0 Å².